The number of thiophene rings is 1. The molecule has 0 radical (unpaired) electrons. The second kappa shape index (κ2) is 10.6. The number of benzene rings is 2. The fraction of sp³-hybridized carbons (Fsp3) is 0.269. The van der Waals surface area contributed by atoms with Gasteiger partial charge in [-0.2, -0.15) is 0 Å². The Hall–Kier alpha value is -3.56. The number of aryl methyl sites for hydroxylation is 2. The summed E-state index contributed by atoms with van der Waals surface area (Å²) in [7, 11) is 3.14. The van der Waals surface area contributed by atoms with Gasteiger partial charge in [0.05, 0.1) is 25.3 Å². The van der Waals surface area contributed by atoms with Crippen LogP contribution in [0.2, 0.25) is 5.02 Å². The SMILES string of the molecule is COc1ccc(CCNC(=O)Cn2c(=O)n(-c3cccc(Cl)c3)c(=O)c3c(C)c(C)sc32)cc1OC. The zero-order valence-corrected chi connectivity index (χ0v) is 22.0. The number of halogens is 1. The standard InChI is InChI=1S/C26H26ClN3O5S/c1-15-16(2)36-25-23(15)24(32)30(19-7-5-6-18(27)13-19)26(33)29(25)14-22(31)28-11-10-17-8-9-20(34-3)21(12-17)35-4/h5-9,12-13H,10-11,14H2,1-4H3,(H,28,31). The molecule has 0 atom stereocenters. The summed E-state index contributed by atoms with van der Waals surface area (Å²) in [4.78, 5) is 41.1. The molecule has 2 heterocycles. The van der Waals surface area contributed by atoms with E-state index in [1.165, 1.54) is 15.9 Å². The summed E-state index contributed by atoms with van der Waals surface area (Å²) in [5.41, 5.74) is 1.09. The van der Waals surface area contributed by atoms with E-state index >= 15 is 0 Å². The third kappa shape index (κ3) is 4.89. The van der Waals surface area contributed by atoms with Gasteiger partial charge < -0.3 is 14.8 Å². The van der Waals surface area contributed by atoms with Gasteiger partial charge in [0.15, 0.2) is 11.5 Å². The van der Waals surface area contributed by atoms with Gasteiger partial charge in [0.2, 0.25) is 5.91 Å². The number of nitrogens with zero attached hydrogens (tertiary/aromatic N) is 2. The zero-order chi connectivity index (χ0) is 26.0. The first-order valence-electron chi connectivity index (χ1n) is 11.2. The van der Waals surface area contributed by atoms with Crippen LogP contribution in [-0.4, -0.2) is 35.8 Å². The molecule has 8 nitrogen and oxygen atoms in total. The normalized spacial score (nSPS) is 11.0. The van der Waals surface area contributed by atoms with Crippen molar-refractivity contribution in [2.45, 2.75) is 26.8 Å². The Labute approximate surface area is 216 Å². The highest BCUT2D eigenvalue weighted by Crippen LogP contribution is 2.28. The molecule has 4 aromatic rings. The number of fused-ring (bicyclic) bond motifs is 1. The van der Waals surface area contributed by atoms with Gasteiger partial charge in [-0.25, -0.2) is 9.36 Å². The van der Waals surface area contributed by atoms with Crippen molar-refractivity contribution in [3.05, 3.63) is 84.3 Å². The maximum absolute atomic E-state index is 13.5. The molecule has 2 aromatic heterocycles. The summed E-state index contributed by atoms with van der Waals surface area (Å²) in [5, 5.41) is 3.69. The molecule has 0 saturated carbocycles. The summed E-state index contributed by atoms with van der Waals surface area (Å²) >= 11 is 7.45. The van der Waals surface area contributed by atoms with Crippen LogP contribution in [0.15, 0.2) is 52.1 Å². The lowest BCUT2D eigenvalue weighted by Gasteiger charge is -2.13. The van der Waals surface area contributed by atoms with E-state index in [1.54, 1.807) is 38.5 Å². The van der Waals surface area contributed by atoms with Crippen molar-refractivity contribution in [3.8, 4) is 17.2 Å². The molecule has 0 saturated heterocycles. The van der Waals surface area contributed by atoms with E-state index in [2.05, 4.69) is 5.32 Å². The van der Waals surface area contributed by atoms with Crippen molar-refractivity contribution < 1.29 is 14.3 Å². The van der Waals surface area contributed by atoms with E-state index in [9.17, 15) is 14.4 Å². The minimum absolute atomic E-state index is 0.221. The molecular weight excluding hydrogens is 502 g/mol. The van der Waals surface area contributed by atoms with E-state index in [0.29, 0.717) is 45.4 Å². The van der Waals surface area contributed by atoms with Gasteiger partial charge in [-0.1, -0.05) is 23.7 Å². The number of aromatic nitrogens is 2. The lowest BCUT2D eigenvalue weighted by Crippen LogP contribution is -2.41. The maximum Gasteiger partial charge on any atom is 0.337 e. The number of methoxy groups -OCH3 is 2. The van der Waals surface area contributed by atoms with Crippen molar-refractivity contribution >= 4 is 39.1 Å². The van der Waals surface area contributed by atoms with E-state index in [-0.39, 0.29) is 12.5 Å². The Morgan fingerprint density at radius 2 is 1.81 bits per heavy atom. The lowest BCUT2D eigenvalue weighted by molar-refractivity contribution is -0.121. The molecule has 0 unspecified atom stereocenters. The number of carbonyl (C=O) groups is 1. The smallest absolute Gasteiger partial charge is 0.337 e. The minimum Gasteiger partial charge on any atom is -0.493 e. The third-order valence-corrected chi connectivity index (χ3v) is 7.47. The van der Waals surface area contributed by atoms with Crippen LogP contribution in [0.25, 0.3) is 15.9 Å². The predicted octanol–water partition coefficient (Wildman–Crippen LogP) is 3.86. The molecule has 188 valence electrons. The van der Waals surface area contributed by atoms with E-state index in [1.807, 2.05) is 32.0 Å². The average Bonchev–Trinajstić information content (AvgIpc) is 3.16. The van der Waals surface area contributed by atoms with Crippen LogP contribution in [-0.2, 0) is 17.8 Å². The quantitative estimate of drug-likeness (QED) is 0.376. The van der Waals surface area contributed by atoms with Crippen LogP contribution < -0.4 is 26.0 Å². The van der Waals surface area contributed by atoms with Gasteiger partial charge >= 0.3 is 5.69 Å². The average molecular weight is 528 g/mol. The molecule has 0 aliphatic heterocycles. The van der Waals surface area contributed by atoms with Crippen molar-refractivity contribution in [2.24, 2.45) is 0 Å². The van der Waals surface area contributed by atoms with Crippen LogP contribution >= 0.6 is 22.9 Å². The topological polar surface area (TPSA) is 91.6 Å². The number of hydrogen-bond acceptors (Lipinski definition) is 6. The van der Waals surface area contributed by atoms with Crippen LogP contribution in [0, 0.1) is 13.8 Å². The Bertz CT molecular complexity index is 1570. The largest absolute Gasteiger partial charge is 0.493 e. The number of rotatable bonds is 8. The molecule has 1 N–H and O–H groups in total. The summed E-state index contributed by atoms with van der Waals surface area (Å²) in [5.74, 6) is 0.908. The monoisotopic (exact) mass is 527 g/mol. The van der Waals surface area contributed by atoms with Gasteiger partial charge in [0.25, 0.3) is 5.56 Å². The van der Waals surface area contributed by atoms with Crippen molar-refractivity contribution in [3.63, 3.8) is 0 Å². The second-order valence-corrected chi connectivity index (χ2v) is 9.88. The predicted molar refractivity (Wildman–Crippen MR) is 142 cm³/mol. The highest BCUT2D eigenvalue weighted by molar-refractivity contribution is 7.18. The molecule has 10 heteroatoms. The highest BCUT2D eigenvalue weighted by Gasteiger charge is 2.21. The number of nitrogens with one attached hydrogen (secondary N) is 1. The molecule has 36 heavy (non-hydrogen) atoms. The van der Waals surface area contributed by atoms with Gasteiger partial charge in [-0.05, 0) is 61.7 Å². The van der Waals surface area contributed by atoms with E-state index in [0.717, 1.165) is 20.6 Å². The Morgan fingerprint density at radius 3 is 2.50 bits per heavy atom. The molecule has 0 fully saturated rings. The van der Waals surface area contributed by atoms with E-state index in [4.69, 9.17) is 21.1 Å². The highest BCUT2D eigenvalue weighted by atomic mass is 35.5. The Morgan fingerprint density at radius 1 is 1.06 bits per heavy atom. The first kappa shape index (κ1) is 25.5. The van der Waals surface area contributed by atoms with Gasteiger partial charge in [0.1, 0.15) is 11.4 Å². The first-order valence-corrected chi connectivity index (χ1v) is 12.4. The fourth-order valence-corrected chi connectivity index (χ4v) is 5.35. The van der Waals surface area contributed by atoms with Crippen LogP contribution in [0.4, 0.5) is 0 Å². The van der Waals surface area contributed by atoms with Crippen LogP contribution in [0.1, 0.15) is 16.0 Å². The van der Waals surface area contributed by atoms with Crippen LogP contribution in [0.3, 0.4) is 0 Å². The molecule has 1 amide bonds. The fourth-order valence-electron chi connectivity index (χ4n) is 4.02. The second-order valence-electron chi connectivity index (χ2n) is 8.24. The number of carbonyl (C=O) groups excluding carboxylic acids is 1. The molecule has 0 bridgehead atoms. The zero-order valence-electron chi connectivity index (χ0n) is 20.4. The summed E-state index contributed by atoms with van der Waals surface area (Å²) in [6.45, 7) is 3.88. The van der Waals surface area contributed by atoms with Gasteiger partial charge in [-0.3, -0.25) is 14.2 Å². The molecular formula is C26H26ClN3O5S. The number of amides is 1. The third-order valence-electron chi connectivity index (χ3n) is 6.00. The summed E-state index contributed by atoms with van der Waals surface area (Å²) in [6, 6.07) is 12.1. The molecule has 2 aromatic carbocycles. The number of hydrogen-bond donors (Lipinski definition) is 1. The number of ether oxygens (including phenoxy) is 2. The van der Waals surface area contributed by atoms with Crippen molar-refractivity contribution in [1.82, 2.24) is 14.5 Å². The minimum atomic E-state index is -0.592. The first-order chi connectivity index (χ1) is 17.2. The summed E-state index contributed by atoms with van der Waals surface area (Å²) in [6.07, 6.45) is 0.565. The maximum atomic E-state index is 13.5. The molecule has 0 spiro atoms. The molecule has 0 aliphatic carbocycles. The van der Waals surface area contributed by atoms with Gasteiger partial charge in [-0.15, -0.1) is 11.3 Å². The molecule has 0 aliphatic rings. The van der Waals surface area contributed by atoms with Gasteiger partial charge in [0, 0.05) is 16.4 Å². The lowest BCUT2D eigenvalue weighted by atomic mass is 10.1. The Balaban J connectivity index is 1.62. The van der Waals surface area contributed by atoms with Crippen LogP contribution in [0.5, 0.6) is 11.5 Å². The van der Waals surface area contributed by atoms with E-state index < -0.39 is 11.2 Å². The molecule has 4 rings (SSSR count). The summed E-state index contributed by atoms with van der Waals surface area (Å²) < 4.78 is 13.0. The Kier molecular flexibility index (Phi) is 7.51. The van der Waals surface area contributed by atoms with Crippen molar-refractivity contribution in [2.75, 3.05) is 20.8 Å². The van der Waals surface area contributed by atoms with Crippen molar-refractivity contribution in [1.29, 1.82) is 0 Å².